The van der Waals surface area contributed by atoms with Crippen molar-refractivity contribution in [3.63, 3.8) is 0 Å². The normalized spacial score (nSPS) is 11.9. The van der Waals surface area contributed by atoms with Crippen LogP contribution in [0.15, 0.2) is 0 Å². The summed E-state index contributed by atoms with van der Waals surface area (Å²) in [5.74, 6) is 0. The van der Waals surface area contributed by atoms with E-state index in [1.165, 1.54) is 274 Å². The van der Waals surface area contributed by atoms with Gasteiger partial charge in [-0.05, 0) is 49.2 Å². The third-order valence-corrected chi connectivity index (χ3v) is 24.3. The lowest BCUT2D eigenvalue weighted by Crippen LogP contribution is -2.56. The summed E-state index contributed by atoms with van der Waals surface area (Å²) in [6, 6.07) is 0. The molecule has 2 heterocycles. The smallest absolute Gasteiger partial charge is 0.141 e. The van der Waals surface area contributed by atoms with Gasteiger partial charge in [-0.1, -0.05) is 142 Å². The van der Waals surface area contributed by atoms with Crippen LogP contribution in [0.4, 0.5) is 0 Å². The predicted molar refractivity (Wildman–Crippen MR) is 483 cm³/mol. The maximum atomic E-state index is 2.77. The van der Waals surface area contributed by atoms with Crippen LogP contribution in [0.2, 0.25) is 0 Å². The van der Waals surface area contributed by atoms with Crippen LogP contribution >= 0.6 is 0 Å². The maximum Gasteiger partial charge on any atom is 0.141 e. The molecule has 0 fully saturated rings. The highest BCUT2D eigenvalue weighted by atomic mass is 15.0. The highest BCUT2D eigenvalue weighted by Crippen LogP contribution is 2.34. The Morgan fingerprint density at radius 1 is 0.119 bits per heavy atom. The lowest BCUT2D eigenvalue weighted by molar-refractivity contribution is 1.22. The Morgan fingerprint density at radius 2 is 0.286 bits per heavy atom. The highest BCUT2D eigenvalue weighted by molar-refractivity contribution is 6.78. The van der Waals surface area contributed by atoms with Gasteiger partial charge in [0.05, 0.1) is 0 Å². The summed E-state index contributed by atoms with van der Waals surface area (Å²) in [7, 11) is 76.5. The van der Waals surface area contributed by atoms with E-state index in [2.05, 4.69) is 260 Å². The zero-order chi connectivity index (χ0) is 62.0. The number of hydrogen-bond acceptors (Lipinski definition) is 0. The van der Waals surface area contributed by atoms with Crippen molar-refractivity contribution in [2.75, 3.05) is 0 Å². The van der Waals surface area contributed by atoms with Crippen molar-refractivity contribution >= 4 is 491 Å². The van der Waals surface area contributed by atoms with E-state index >= 15 is 0 Å². The molecule has 34 heteroatoms. The first kappa shape index (κ1) is 60.8. The molecule has 0 saturated heterocycles. The minimum absolute atomic E-state index is 1.33. The standard InChI is InChI=1S/C50H64B32N2/c51-13-6(17(55)18(56)8-7(13)20(58)30(68)31(69)21(8)59)9-25(63)40(78)49(41(79)26(9)64)84-47-11(12-27(65)32(70)34(72)42(80)48(12)84)15(53)5(24(62)39(47)77)4-14(52)10-2-1-3(19(57)29(67)28(66)16(1)54)22(60)37(75)45(2)83(46(10)38(76)23(4)61)50-43(81)35(73)33(71)36(74)44(50)82/h51-82H2. The molecule has 0 aliphatic carbocycles. The average Bonchev–Trinajstić information content (AvgIpc) is 1.56. The molecular weight excluding hydrogens is 975 g/mol. The van der Waals surface area contributed by atoms with Crippen LogP contribution in [0, 0.1) is 0 Å². The Morgan fingerprint density at radius 3 is 0.679 bits per heavy atom. The van der Waals surface area contributed by atoms with E-state index in [1.54, 1.807) is 0 Å². The molecule has 0 N–H and O–H groups in total. The Labute approximate surface area is 529 Å². The van der Waals surface area contributed by atoms with Gasteiger partial charge in [-0.15, -0.1) is 32.8 Å². The summed E-state index contributed by atoms with van der Waals surface area (Å²) in [6.07, 6.45) is 0. The third-order valence-electron chi connectivity index (χ3n) is 24.3. The fourth-order valence-corrected chi connectivity index (χ4v) is 17.3. The molecule has 0 unspecified atom stereocenters. The minimum Gasteiger partial charge on any atom is -0.312 e. The Balaban J connectivity index is 1.32. The van der Waals surface area contributed by atoms with E-state index in [1.807, 2.05) is 0 Å². The maximum absolute atomic E-state index is 2.77. The molecule has 0 radical (unpaired) electrons. The number of fused-ring (bicyclic) bond motifs is 9. The number of benzene rings is 9. The molecule has 9 aromatic carbocycles. The van der Waals surface area contributed by atoms with Crippen molar-refractivity contribution in [3.8, 4) is 33.6 Å². The molecule has 0 aliphatic rings. The molecule has 84 heavy (non-hydrogen) atoms. The van der Waals surface area contributed by atoms with Crippen LogP contribution in [0.1, 0.15) is 0 Å². The van der Waals surface area contributed by atoms with Crippen LogP contribution in [0.3, 0.4) is 0 Å². The van der Waals surface area contributed by atoms with Gasteiger partial charge in [-0.25, -0.2) is 0 Å². The second-order valence-corrected chi connectivity index (χ2v) is 27.3. The van der Waals surface area contributed by atoms with Crippen LogP contribution < -0.4 is 175 Å². The van der Waals surface area contributed by atoms with Gasteiger partial charge in [-0.3, -0.25) is 0 Å². The molecule has 0 saturated carbocycles. The van der Waals surface area contributed by atoms with Crippen LogP contribution in [-0.2, 0) is 0 Å². The van der Waals surface area contributed by atoms with Gasteiger partial charge in [0.25, 0.3) is 0 Å². The van der Waals surface area contributed by atoms with E-state index < -0.39 is 0 Å². The van der Waals surface area contributed by atoms with Crippen molar-refractivity contribution < 1.29 is 0 Å². The van der Waals surface area contributed by atoms with Crippen molar-refractivity contribution in [3.05, 3.63) is 0 Å². The van der Waals surface area contributed by atoms with Crippen molar-refractivity contribution in [2.24, 2.45) is 0 Å². The predicted octanol–water partition coefficient (Wildman–Crippen LogP) is -42.2. The molecule has 2 aromatic heterocycles. The molecular formula is C50H64B32N2. The summed E-state index contributed by atoms with van der Waals surface area (Å²) in [6.45, 7) is 0. The minimum atomic E-state index is 1.33. The topological polar surface area (TPSA) is 9.86 Å². The lowest BCUT2D eigenvalue weighted by Gasteiger charge is -2.29. The number of rotatable bonds is 4. The van der Waals surface area contributed by atoms with Gasteiger partial charge >= 0.3 is 0 Å². The molecule has 0 amide bonds. The highest BCUT2D eigenvalue weighted by Gasteiger charge is 2.33. The average molecular weight is 1040 g/mol. The van der Waals surface area contributed by atoms with E-state index in [9.17, 15) is 0 Å². The van der Waals surface area contributed by atoms with E-state index in [0.717, 1.165) is 0 Å². The summed E-state index contributed by atoms with van der Waals surface area (Å²) < 4.78 is 5.52. The second kappa shape index (κ2) is 20.4. The molecule has 0 spiro atoms. The molecule has 11 rings (SSSR count). The van der Waals surface area contributed by atoms with Crippen molar-refractivity contribution in [1.29, 1.82) is 0 Å². The Hall–Kier alpha value is -4.82. The van der Waals surface area contributed by atoms with E-state index in [0.29, 0.717) is 0 Å². The van der Waals surface area contributed by atoms with Gasteiger partial charge < -0.3 is 9.13 Å². The van der Waals surface area contributed by atoms with Crippen LogP contribution in [0.5, 0.6) is 0 Å². The van der Waals surface area contributed by atoms with Gasteiger partial charge in [0.15, 0.2) is 0 Å². The quantitative estimate of drug-likeness (QED) is 0.156. The Bertz CT molecular complexity index is 4980. The Kier molecular flexibility index (Phi) is 14.8. The van der Waals surface area contributed by atoms with Gasteiger partial charge in [0, 0.05) is 49.6 Å². The molecule has 11 aromatic rings. The van der Waals surface area contributed by atoms with E-state index in [-0.39, 0.29) is 0 Å². The number of nitrogens with zero attached hydrogens (tertiary/aromatic N) is 2. The first-order valence-corrected chi connectivity index (χ1v) is 31.3. The molecule has 370 valence electrons. The van der Waals surface area contributed by atoms with Crippen molar-refractivity contribution in [2.45, 2.75) is 0 Å². The van der Waals surface area contributed by atoms with Crippen molar-refractivity contribution in [1.82, 2.24) is 9.13 Å². The van der Waals surface area contributed by atoms with Crippen LogP contribution in [0.25, 0.3) is 98.8 Å². The number of aromatic nitrogens is 2. The first-order chi connectivity index (χ1) is 39.1. The summed E-state index contributed by atoms with van der Waals surface area (Å²) >= 11 is 0. The van der Waals surface area contributed by atoms with Gasteiger partial charge in [0.1, 0.15) is 251 Å². The first-order valence-electron chi connectivity index (χ1n) is 31.3. The van der Waals surface area contributed by atoms with Crippen LogP contribution in [-0.4, -0.2) is 260 Å². The van der Waals surface area contributed by atoms with Gasteiger partial charge in [-0.2, -0.15) is 0 Å². The zero-order valence-corrected chi connectivity index (χ0v) is 57.9. The summed E-state index contributed by atoms with van der Waals surface area (Å²) in [4.78, 5) is 0. The lowest BCUT2D eigenvalue weighted by atomic mass is 9.56. The summed E-state index contributed by atoms with van der Waals surface area (Å²) in [5.41, 5.74) is 58.0. The molecule has 0 atom stereocenters. The molecule has 0 bridgehead atoms. The fourth-order valence-electron chi connectivity index (χ4n) is 17.3. The fraction of sp³-hybridized carbons (Fsp3) is 0. The number of hydrogen-bond donors (Lipinski definition) is 0. The molecule has 2 nitrogen and oxygen atoms in total. The van der Waals surface area contributed by atoms with Gasteiger partial charge in [0.2, 0.25) is 0 Å². The zero-order valence-electron chi connectivity index (χ0n) is 57.9. The SMILES string of the molecule is Bc1c(B)c(B)c(-n2c3c(B)c(B)c(-c4c(B)c(B)c5c(c4B)c4c(B)c(B)c(B)c(B)c4n5-c4c(B)c(B)c(-c5c(B)c(B)c6c(B)c(B)c(B)c(B)c6c5B)c(B)c4B)c(B)c3c3c4c(B)c(B)c(B)c(B)c4c(B)c(B)c32)c(B)c1B. The second-order valence-electron chi connectivity index (χ2n) is 27.3. The third kappa shape index (κ3) is 7.57. The molecule has 0 aliphatic heterocycles. The monoisotopic (exact) mass is 1040 g/mol. The largest absolute Gasteiger partial charge is 0.312 e. The van der Waals surface area contributed by atoms with E-state index in [4.69, 9.17) is 0 Å². The summed E-state index contributed by atoms with van der Waals surface area (Å²) in [5, 5.41) is 11.3.